The minimum absolute atomic E-state index is 0.00639. The fourth-order valence-corrected chi connectivity index (χ4v) is 6.46. The topological polar surface area (TPSA) is 82.9 Å². The van der Waals surface area contributed by atoms with Gasteiger partial charge in [0.15, 0.2) is 0 Å². The van der Waals surface area contributed by atoms with Gasteiger partial charge in [-0.15, -0.1) is 0 Å². The molecule has 0 spiro atoms. The molecule has 2 aliphatic rings. The van der Waals surface area contributed by atoms with Crippen LogP contribution in [0.2, 0.25) is 0 Å². The Morgan fingerprint density at radius 1 is 1.03 bits per heavy atom. The first-order valence-electron chi connectivity index (χ1n) is 12.5. The number of hydrogen-bond donors (Lipinski definition) is 1. The zero-order valence-electron chi connectivity index (χ0n) is 20.3. The Labute approximate surface area is 203 Å². The number of nitrogens with one attached hydrogen (secondary N) is 1. The number of rotatable bonds is 8. The number of benzene rings is 1. The quantitative estimate of drug-likeness (QED) is 0.605. The molecule has 2 saturated heterocycles. The molecule has 1 amide bonds. The van der Waals surface area contributed by atoms with Gasteiger partial charge in [0.2, 0.25) is 15.9 Å². The Hall–Kier alpha value is -2.16. The van der Waals surface area contributed by atoms with Crippen molar-refractivity contribution in [2.45, 2.75) is 62.8 Å². The molecule has 34 heavy (non-hydrogen) atoms. The van der Waals surface area contributed by atoms with E-state index in [2.05, 4.69) is 24.1 Å². The van der Waals surface area contributed by atoms with Gasteiger partial charge < -0.3 is 9.73 Å². The Kier molecular flexibility index (Phi) is 8.11. The lowest BCUT2D eigenvalue weighted by Gasteiger charge is -2.34. The third kappa shape index (κ3) is 5.73. The number of piperidine rings is 2. The average molecular weight is 488 g/mol. The first kappa shape index (κ1) is 24.9. The highest BCUT2D eigenvalue weighted by molar-refractivity contribution is 7.89. The minimum atomic E-state index is -3.54. The molecule has 1 aromatic heterocycles. The highest BCUT2D eigenvalue weighted by Crippen LogP contribution is 2.27. The van der Waals surface area contributed by atoms with Crippen molar-refractivity contribution in [3.05, 3.63) is 54.0 Å². The summed E-state index contributed by atoms with van der Waals surface area (Å²) < 4.78 is 33.3. The Bertz CT molecular complexity index is 1020. The maximum Gasteiger partial charge on any atom is 0.243 e. The van der Waals surface area contributed by atoms with Crippen LogP contribution < -0.4 is 5.32 Å². The van der Waals surface area contributed by atoms with E-state index in [4.69, 9.17) is 4.42 Å². The van der Waals surface area contributed by atoms with Crippen molar-refractivity contribution in [1.82, 2.24) is 14.5 Å². The maximum absolute atomic E-state index is 13.1. The Morgan fingerprint density at radius 2 is 1.71 bits per heavy atom. The van der Waals surface area contributed by atoms with E-state index in [0.717, 1.165) is 37.3 Å². The molecule has 1 atom stereocenters. The maximum atomic E-state index is 13.1. The molecular weight excluding hydrogens is 450 g/mol. The van der Waals surface area contributed by atoms with Crippen molar-refractivity contribution in [3.8, 4) is 0 Å². The van der Waals surface area contributed by atoms with E-state index in [-0.39, 0.29) is 17.9 Å². The number of sulfonamides is 1. The van der Waals surface area contributed by atoms with Crippen LogP contribution >= 0.6 is 0 Å². The van der Waals surface area contributed by atoms with Gasteiger partial charge in [0.05, 0.1) is 17.2 Å². The molecule has 2 aromatic rings. The average Bonchev–Trinajstić information content (AvgIpc) is 3.39. The van der Waals surface area contributed by atoms with E-state index in [1.54, 1.807) is 18.4 Å². The summed E-state index contributed by atoms with van der Waals surface area (Å²) in [6, 6.07) is 11.1. The largest absolute Gasteiger partial charge is 0.468 e. The highest BCUT2D eigenvalue weighted by atomic mass is 32.2. The van der Waals surface area contributed by atoms with E-state index in [0.29, 0.717) is 43.3 Å². The number of amides is 1. The van der Waals surface area contributed by atoms with Crippen molar-refractivity contribution in [3.63, 3.8) is 0 Å². The number of furan rings is 1. The lowest BCUT2D eigenvalue weighted by Crippen LogP contribution is -2.45. The van der Waals surface area contributed by atoms with Gasteiger partial charge in [-0.2, -0.15) is 4.31 Å². The normalized spacial score (nSPS) is 19.9. The molecule has 0 saturated carbocycles. The number of nitrogens with zero attached hydrogens (tertiary/aromatic N) is 2. The van der Waals surface area contributed by atoms with Crippen molar-refractivity contribution in [2.75, 3.05) is 32.7 Å². The second-order valence-corrected chi connectivity index (χ2v) is 11.7. The Balaban J connectivity index is 1.32. The van der Waals surface area contributed by atoms with Crippen LogP contribution in [0.1, 0.15) is 69.2 Å². The van der Waals surface area contributed by atoms with Crippen molar-refractivity contribution < 1.29 is 17.6 Å². The van der Waals surface area contributed by atoms with Crippen molar-refractivity contribution in [2.24, 2.45) is 5.92 Å². The third-order valence-electron chi connectivity index (χ3n) is 7.18. The summed E-state index contributed by atoms with van der Waals surface area (Å²) in [5.41, 5.74) is 1.12. The summed E-state index contributed by atoms with van der Waals surface area (Å²) in [6.07, 6.45) is 6.32. The summed E-state index contributed by atoms with van der Waals surface area (Å²) in [6.45, 7) is 7.42. The van der Waals surface area contributed by atoms with Crippen LogP contribution in [-0.4, -0.2) is 56.3 Å². The molecule has 8 heteroatoms. The molecule has 1 N–H and O–H groups in total. The molecule has 7 nitrogen and oxygen atoms in total. The van der Waals surface area contributed by atoms with Crippen LogP contribution in [0.5, 0.6) is 0 Å². The summed E-state index contributed by atoms with van der Waals surface area (Å²) in [4.78, 5) is 15.7. The molecule has 4 rings (SSSR count). The summed E-state index contributed by atoms with van der Waals surface area (Å²) in [5.74, 6) is 1.07. The number of carbonyl (C=O) groups excluding carboxylic acids is 1. The SMILES string of the molecule is CC(C)c1ccc(S(=O)(=O)N2CCC(C(=O)NC[C@@H](c3ccco3)N3CCCCC3)CC2)cc1. The van der Waals surface area contributed by atoms with Crippen molar-refractivity contribution in [1.29, 1.82) is 0 Å². The lowest BCUT2D eigenvalue weighted by atomic mass is 9.97. The van der Waals surface area contributed by atoms with E-state index < -0.39 is 10.0 Å². The smallest absolute Gasteiger partial charge is 0.243 e. The number of hydrogen-bond acceptors (Lipinski definition) is 5. The molecule has 2 fully saturated rings. The molecule has 2 aliphatic heterocycles. The van der Waals surface area contributed by atoms with Crippen LogP contribution in [0.4, 0.5) is 0 Å². The molecular formula is C26H37N3O4S. The van der Waals surface area contributed by atoms with E-state index >= 15 is 0 Å². The van der Waals surface area contributed by atoms with E-state index in [9.17, 15) is 13.2 Å². The second-order valence-electron chi connectivity index (χ2n) is 9.78. The van der Waals surface area contributed by atoms with Gasteiger partial charge in [0.1, 0.15) is 5.76 Å². The first-order valence-corrected chi connectivity index (χ1v) is 14.0. The fraction of sp³-hybridized carbons (Fsp3) is 0.577. The Morgan fingerprint density at radius 3 is 2.29 bits per heavy atom. The molecule has 0 aliphatic carbocycles. The monoisotopic (exact) mass is 487 g/mol. The second kappa shape index (κ2) is 11.1. The van der Waals surface area contributed by atoms with Gasteiger partial charge in [-0.25, -0.2) is 8.42 Å². The zero-order valence-corrected chi connectivity index (χ0v) is 21.1. The highest BCUT2D eigenvalue weighted by Gasteiger charge is 2.33. The van der Waals surface area contributed by atoms with Crippen LogP contribution in [-0.2, 0) is 14.8 Å². The van der Waals surface area contributed by atoms with Gasteiger partial charge in [0, 0.05) is 25.6 Å². The first-order chi connectivity index (χ1) is 16.4. The molecule has 0 unspecified atom stereocenters. The summed E-state index contributed by atoms with van der Waals surface area (Å²) in [7, 11) is -3.54. The summed E-state index contributed by atoms with van der Waals surface area (Å²) >= 11 is 0. The van der Waals surface area contributed by atoms with Crippen LogP contribution in [0.25, 0.3) is 0 Å². The summed E-state index contributed by atoms with van der Waals surface area (Å²) in [5, 5.41) is 3.13. The van der Waals surface area contributed by atoms with Gasteiger partial charge in [-0.3, -0.25) is 9.69 Å². The van der Waals surface area contributed by atoms with E-state index in [1.807, 2.05) is 24.3 Å². The lowest BCUT2D eigenvalue weighted by molar-refractivity contribution is -0.126. The van der Waals surface area contributed by atoms with Crippen LogP contribution in [0.3, 0.4) is 0 Å². The van der Waals surface area contributed by atoms with Gasteiger partial charge in [-0.1, -0.05) is 32.4 Å². The molecule has 0 bridgehead atoms. The van der Waals surface area contributed by atoms with Gasteiger partial charge in [0.25, 0.3) is 0 Å². The standard InChI is InChI=1S/C26H37N3O4S/c1-20(2)21-8-10-23(11-9-21)34(31,32)29-16-12-22(13-17-29)26(30)27-19-24(25-7-6-18-33-25)28-14-4-3-5-15-28/h6-11,18,20,22,24H,3-5,12-17,19H2,1-2H3,(H,27,30)/t24-/m0/s1. The van der Waals surface area contributed by atoms with E-state index in [1.165, 1.54) is 10.7 Å². The van der Waals surface area contributed by atoms with Crippen molar-refractivity contribution >= 4 is 15.9 Å². The third-order valence-corrected chi connectivity index (χ3v) is 9.09. The zero-order chi connectivity index (χ0) is 24.1. The molecule has 0 radical (unpaired) electrons. The predicted octanol–water partition coefficient (Wildman–Crippen LogP) is 4.15. The number of carbonyl (C=O) groups is 1. The minimum Gasteiger partial charge on any atom is -0.468 e. The van der Waals surface area contributed by atoms with Crippen LogP contribution in [0.15, 0.2) is 52.0 Å². The predicted molar refractivity (Wildman–Crippen MR) is 132 cm³/mol. The molecule has 1 aromatic carbocycles. The van der Waals surface area contributed by atoms with Gasteiger partial charge >= 0.3 is 0 Å². The van der Waals surface area contributed by atoms with Gasteiger partial charge in [-0.05, 0) is 74.5 Å². The van der Waals surface area contributed by atoms with Crippen LogP contribution in [0, 0.1) is 5.92 Å². The molecule has 3 heterocycles. The fourth-order valence-electron chi connectivity index (χ4n) is 4.99. The number of likely N-dealkylation sites (tertiary alicyclic amines) is 1. The molecule has 186 valence electrons.